The number of nitrogens with zero attached hydrogens (tertiary/aromatic N) is 2. The van der Waals surface area contributed by atoms with Gasteiger partial charge in [0.25, 0.3) is 0 Å². The lowest BCUT2D eigenvalue weighted by molar-refractivity contribution is 1.13. The maximum absolute atomic E-state index is 5.56. The lowest BCUT2D eigenvalue weighted by Crippen LogP contribution is -1.80. The van der Waals surface area contributed by atoms with E-state index < -0.39 is 0 Å². The summed E-state index contributed by atoms with van der Waals surface area (Å²) in [6.07, 6.45) is 3.10. The van der Waals surface area contributed by atoms with E-state index >= 15 is 0 Å². The van der Waals surface area contributed by atoms with Gasteiger partial charge in [0.15, 0.2) is 0 Å². The fraction of sp³-hybridized carbons (Fsp3) is 0.200. The molecular weight excluding hydrogens is 159 g/mol. The molecule has 0 saturated carbocycles. The summed E-state index contributed by atoms with van der Waals surface area (Å²) < 4.78 is 0. The van der Waals surface area contributed by atoms with Crippen molar-refractivity contribution in [3.8, 4) is 0 Å². The Morgan fingerprint density at radius 2 is 2.22 bits per heavy atom. The van der Waals surface area contributed by atoms with Crippen molar-refractivity contribution in [1.29, 1.82) is 0 Å². The number of rotatable bonds is 0. The maximum atomic E-state index is 5.56. The molecule has 2 nitrogen and oxygen atoms in total. The molecular formula is C5H6Cl2N2. The molecule has 9 heavy (non-hydrogen) atoms. The van der Waals surface area contributed by atoms with E-state index in [1.54, 1.807) is 6.20 Å². The van der Waals surface area contributed by atoms with E-state index in [1.165, 1.54) is 6.33 Å². The molecule has 0 amide bonds. The highest BCUT2D eigenvalue weighted by atomic mass is 35.5. The van der Waals surface area contributed by atoms with Gasteiger partial charge in [0.1, 0.15) is 11.5 Å². The van der Waals surface area contributed by atoms with E-state index in [-0.39, 0.29) is 12.4 Å². The van der Waals surface area contributed by atoms with Gasteiger partial charge in [-0.2, -0.15) is 0 Å². The van der Waals surface area contributed by atoms with Gasteiger partial charge in [-0.1, -0.05) is 11.6 Å². The summed E-state index contributed by atoms with van der Waals surface area (Å²) in [4.78, 5) is 7.48. The van der Waals surface area contributed by atoms with E-state index in [1.807, 2.05) is 6.92 Å². The number of hydrogen-bond acceptors (Lipinski definition) is 2. The van der Waals surface area contributed by atoms with Crippen molar-refractivity contribution in [1.82, 2.24) is 9.97 Å². The fourth-order valence-corrected chi connectivity index (χ4v) is 0.477. The van der Waals surface area contributed by atoms with E-state index in [4.69, 9.17) is 11.6 Å². The van der Waals surface area contributed by atoms with Crippen molar-refractivity contribution in [3.05, 3.63) is 23.2 Å². The zero-order valence-electron chi connectivity index (χ0n) is 4.84. The maximum Gasteiger partial charge on any atom is 0.135 e. The van der Waals surface area contributed by atoms with E-state index in [9.17, 15) is 0 Å². The Bertz CT molecular complexity index is 169. The summed E-state index contributed by atoms with van der Waals surface area (Å²) in [7, 11) is 0. The number of aromatic nitrogens is 2. The fourth-order valence-electron chi connectivity index (χ4n) is 0.384. The Morgan fingerprint density at radius 3 is 2.56 bits per heavy atom. The van der Waals surface area contributed by atoms with Gasteiger partial charge in [-0.05, 0) is 6.92 Å². The Kier molecular flexibility index (Phi) is 3.50. The van der Waals surface area contributed by atoms with Gasteiger partial charge in [-0.3, -0.25) is 0 Å². The third kappa shape index (κ3) is 2.16. The van der Waals surface area contributed by atoms with Gasteiger partial charge in [-0.25, -0.2) is 9.97 Å². The molecule has 0 bridgehead atoms. The number of halogens is 2. The minimum Gasteiger partial charge on any atom is -0.244 e. The standard InChI is InChI=1S/C5H5ClN2.ClH/c1-4-2-7-3-8-5(4)6;/h2-3H,1H3;1H. The van der Waals surface area contributed by atoms with Crippen molar-refractivity contribution in [2.24, 2.45) is 0 Å². The molecule has 0 aliphatic carbocycles. The second kappa shape index (κ2) is 3.64. The van der Waals surface area contributed by atoms with Gasteiger partial charge in [0.2, 0.25) is 0 Å². The van der Waals surface area contributed by atoms with Gasteiger partial charge < -0.3 is 0 Å². The Hall–Kier alpha value is -0.340. The number of hydrogen-bond donors (Lipinski definition) is 0. The Morgan fingerprint density at radius 1 is 1.56 bits per heavy atom. The van der Waals surface area contributed by atoms with Crippen LogP contribution >= 0.6 is 24.0 Å². The van der Waals surface area contributed by atoms with Crippen LogP contribution in [-0.4, -0.2) is 9.97 Å². The number of aryl methyl sites for hydroxylation is 1. The van der Waals surface area contributed by atoms with Crippen LogP contribution in [0.25, 0.3) is 0 Å². The zero-order chi connectivity index (χ0) is 5.98. The molecule has 0 N–H and O–H groups in total. The third-order valence-electron chi connectivity index (χ3n) is 0.831. The van der Waals surface area contributed by atoms with Gasteiger partial charge in [0.05, 0.1) is 0 Å². The summed E-state index contributed by atoms with van der Waals surface area (Å²) in [6.45, 7) is 1.86. The van der Waals surface area contributed by atoms with Crippen LogP contribution in [0.5, 0.6) is 0 Å². The molecule has 1 aromatic heterocycles. The van der Waals surface area contributed by atoms with E-state index in [2.05, 4.69) is 9.97 Å². The summed E-state index contributed by atoms with van der Waals surface area (Å²) in [6, 6.07) is 0. The average molecular weight is 165 g/mol. The predicted octanol–water partition coefficient (Wildman–Crippen LogP) is 1.86. The first-order chi connectivity index (χ1) is 3.80. The summed E-state index contributed by atoms with van der Waals surface area (Å²) in [5.41, 5.74) is 0.911. The van der Waals surface area contributed by atoms with Crippen LogP contribution in [-0.2, 0) is 0 Å². The molecule has 1 heterocycles. The SMILES string of the molecule is Cc1cncnc1Cl.Cl. The van der Waals surface area contributed by atoms with Gasteiger partial charge in [-0.15, -0.1) is 12.4 Å². The lowest BCUT2D eigenvalue weighted by Gasteiger charge is -1.89. The average Bonchev–Trinajstić information content (AvgIpc) is 1.77. The molecule has 1 aromatic rings. The molecule has 0 saturated heterocycles. The van der Waals surface area contributed by atoms with Crippen molar-refractivity contribution >= 4 is 24.0 Å². The molecule has 0 atom stereocenters. The van der Waals surface area contributed by atoms with Crippen LogP contribution in [0.3, 0.4) is 0 Å². The van der Waals surface area contributed by atoms with Crippen LogP contribution in [0, 0.1) is 6.92 Å². The molecule has 0 unspecified atom stereocenters. The Balaban J connectivity index is 0.000000640. The first kappa shape index (κ1) is 8.66. The summed E-state index contributed by atoms with van der Waals surface area (Å²) in [5.74, 6) is 0. The molecule has 0 aliphatic heterocycles. The lowest BCUT2D eigenvalue weighted by atomic mass is 10.4. The van der Waals surface area contributed by atoms with Crippen LogP contribution in [0.15, 0.2) is 12.5 Å². The van der Waals surface area contributed by atoms with Crippen molar-refractivity contribution < 1.29 is 0 Å². The van der Waals surface area contributed by atoms with Crippen LogP contribution in [0.1, 0.15) is 5.56 Å². The first-order valence-electron chi connectivity index (χ1n) is 2.23. The summed E-state index contributed by atoms with van der Waals surface area (Å²) in [5, 5.41) is 0.528. The topological polar surface area (TPSA) is 25.8 Å². The van der Waals surface area contributed by atoms with Crippen molar-refractivity contribution in [2.75, 3.05) is 0 Å². The van der Waals surface area contributed by atoms with E-state index in [0.717, 1.165) is 5.56 Å². The highest BCUT2D eigenvalue weighted by Gasteiger charge is 1.89. The molecule has 50 valence electrons. The Labute approximate surface area is 64.7 Å². The second-order valence-electron chi connectivity index (χ2n) is 1.50. The predicted molar refractivity (Wildman–Crippen MR) is 39.0 cm³/mol. The first-order valence-corrected chi connectivity index (χ1v) is 2.60. The minimum absolute atomic E-state index is 0. The molecule has 0 spiro atoms. The zero-order valence-corrected chi connectivity index (χ0v) is 6.41. The molecule has 0 radical (unpaired) electrons. The molecule has 0 fully saturated rings. The largest absolute Gasteiger partial charge is 0.244 e. The quantitative estimate of drug-likeness (QED) is 0.548. The highest BCUT2D eigenvalue weighted by Crippen LogP contribution is 2.06. The third-order valence-corrected chi connectivity index (χ3v) is 1.23. The molecule has 4 heteroatoms. The van der Waals surface area contributed by atoms with Crippen LogP contribution < -0.4 is 0 Å². The molecule has 1 rings (SSSR count). The normalized spacial score (nSPS) is 8.22. The van der Waals surface area contributed by atoms with Crippen molar-refractivity contribution in [3.63, 3.8) is 0 Å². The summed E-state index contributed by atoms with van der Waals surface area (Å²) >= 11 is 5.56. The smallest absolute Gasteiger partial charge is 0.135 e. The van der Waals surface area contributed by atoms with E-state index in [0.29, 0.717) is 5.15 Å². The molecule has 0 aliphatic rings. The second-order valence-corrected chi connectivity index (χ2v) is 1.85. The van der Waals surface area contributed by atoms with Crippen LogP contribution in [0.2, 0.25) is 5.15 Å². The highest BCUT2D eigenvalue weighted by molar-refractivity contribution is 6.30. The molecule has 0 aromatic carbocycles. The monoisotopic (exact) mass is 164 g/mol. The van der Waals surface area contributed by atoms with Gasteiger partial charge in [0, 0.05) is 11.8 Å². The minimum atomic E-state index is 0. The van der Waals surface area contributed by atoms with Crippen molar-refractivity contribution in [2.45, 2.75) is 6.92 Å². The van der Waals surface area contributed by atoms with Gasteiger partial charge >= 0.3 is 0 Å². The van der Waals surface area contributed by atoms with Crippen LogP contribution in [0.4, 0.5) is 0 Å².